The van der Waals surface area contributed by atoms with Crippen molar-refractivity contribution < 1.29 is 8.78 Å². The number of aliphatic imine (C=N–C) groups is 1. The van der Waals surface area contributed by atoms with Crippen molar-refractivity contribution in [2.24, 2.45) is 10.9 Å². The molecular formula is C20H32F2IN5. The quantitative estimate of drug-likeness (QED) is 0.366. The number of rotatable bonds is 5. The number of piperidine rings is 1. The average molecular weight is 507 g/mol. The minimum Gasteiger partial charge on any atom is -0.365 e. The Bertz CT molecular complexity index is 637. The molecule has 0 saturated carbocycles. The van der Waals surface area contributed by atoms with E-state index in [0.717, 1.165) is 32.0 Å². The number of nitrogens with one attached hydrogen (secondary N) is 2. The number of nitrogens with zero attached hydrogens (tertiary/aromatic N) is 3. The molecule has 2 fully saturated rings. The number of halogens is 3. The maximum atomic E-state index is 14.0. The largest absolute Gasteiger partial charge is 0.365 e. The number of hydrogen-bond donors (Lipinski definition) is 2. The molecule has 0 aliphatic carbocycles. The van der Waals surface area contributed by atoms with Crippen molar-refractivity contribution in [2.45, 2.75) is 32.2 Å². The van der Waals surface area contributed by atoms with Crippen LogP contribution in [0.1, 0.15) is 26.2 Å². The maximum absolute atomic E-state index is 14.0. The monoisotopic (exact) mass is 507 g/mol. The van der Waals surface area contributed by atoms with Gasteiger partial charge in [0.05, 0.1) is 0 Å². The molecule has 2 saturated heterocycles. The molecule has 0 spiro atoms. The van der Waals surface area contributed by atoms with E-state index in [1.165, 1.54) is 37.6 Å². The van der Waals surface area contributed by atoms with E-state index in [2.05, 4.69) is 27.4 Å². The topological polar surface area (TPSA) is 42.9 Å². The van der Waals surface area contributed by atoms with Gasteiger partial charge < -0.3 is 20.4 Å². The summed E-state index contributed by atoms with van der Waals surface area (Å²) in [6.07, 6.45) is 3.31. The second kappa shape index (κ2) is 11.1. The van der Waals surface area contributed by atoms with E-state index < -0.39 is 11.6 Å². The molecule has 2 atom stereocenters. The third-order valence-corrected chi connectivity index (χ3v) is 5.61. The van der Waals surface area contributed by atoms with Gasteiger partial charge in [-0.15, -0.1) is 24.0 Å². The number of likely N-dealkylation sites (tertiary alicyclic amines) is 1. The van der Waals surface area contributed by atoms with Gasteiger partial charge in [-0.3, -0.25) is 4.99 Å². The zero-order chi connectivity index (χ0) is 19.2. The second-order valence-corrected chi connectivity index (χ2v) is 7.50. The Kier molecular flexibility index (Phi) is 9.20. The van der Waals surface area contributed by atoms with Crippen LogP contribution in [0.5, 0.6) is 0 Å². The van der Waals surface area contributed by atoms with Crippen LogP contribution in [0.25, 0.3) is 0 Å². The SMILES string of the molecule is CCN1CCCC(CNC(=NC)NC2CCN(c3c(F)cccc3F)C2)C1.I. The number of para-hydroxylation sites is 1. The number of benzene rings is 1. The lowest BCUT2D eigenvalue weighted by Gasteiger charge is -2.32. The summed E-state index contributed by atoms with van der Waals surface area (Å²) in [6.45, 7) is 7.73. The molecule has 1 aromatic rings. The third kappa shape index (κ3) is 5.92. The lowest BCUT2D eigenvalue weighted by atomic mass is 9.98. The van der Waals surface area contributed by atoms with E-state index in [4.69, 9.17) is 0 Å². The van der Waals surface area contributed by atoms with Crippen LogP contribution in [0.15, 0.2) is 23.2 Å². The van der Waals surface area contributed by atoms with Crippen LogP contribution in [0.3, 0.4) is 0 Å². The van der Waals surface area contributed by atoms with Crippen LogP contribution in [-0.2, 0) is 0 Å². The van der Waals surface area contributed by atoms with Crippen LogP contribution < -0.4 is 15.5 Å². The van der Waals surface area contributed by atoms with E-state index in [9.17, 15) is 8.78 Å². The van der Waals surface area contributed by atoms with E-state index in [-0.39, 0.29) is 35.7 Å². The first-order valence-corrected chi connectivity index (χ1v) is 9.99. The summed E-state index contributed by atoms with van der Waals surface area (Å²) < 4.78 is 28.0. The molecule has 2 unspecified atom stereocenters. The van der Waals surface area contributed by atoms with Crippen LogP contribution in [-0.4, -0.2) is 63.2 Å². The van der Waals surface area contributed by atoms with E-state index in [0.29, 0.717) is 19.0 Å². The zero-order valence-corrected chi connectivity index (χ0v) is 19.1. The highest BCUT2D eigenvalue weighted by molar-refractivity contribution is 14.0. The van der Waals surface area contributed by atoms with Crippen LogP contribution in [0, 0.1) is 17.6 Å². The Morgan fingerprint density at radius 3 is 2.61 bits per heavy atom. The van der Waals surface area contributed by atoms with E-state index in [1.54, 1.807) is 11.9 Å². The van der Waals surface area contributed by atoms with Crippen molar-refractivity contribution in [1.82, 2.24) is 15.5 Å². The molecule has 2 aliphatic heterocycles. The molecule has 8 heteroatoms. The molecule has 5 nitrogen and oxygen atoms in total. The molecule has 0 aromatic heterocycles. The fourth-order valence-electron chi connectivity index (χ4n) is 4.11. The first kappa shape index (κ1) is 23.1. The fourth-order valence-corrected chi connectivity index (χ4v) is 4.11. The Morgan fingerprint density at radius 2 is 1.93 bits per heavy atom. The molecule has 0 amide bonds. The van der Waals surface area contributed by atoms with Gasteiger partial charge in [0, 0.05) is 39.3 Å². The number of guanidine groups is 1. The minimum atomic E-state index is -0.504. The molecular weight excluding hydrogens is 475 g/mol. The van der Waals surface area contributed by atoms with Gasteiger partial charge in [-0.1, -0.05) is 13.0 Å². The second-order valence-electron chi connectivity index (χ2n) is 7.50. The Labute approximate surface area is 184 Å². The van der Waals surface area contributed by atoms with Gasteiger partial charge in [-0.25, -0.2) is 8.78 Å². The normalized spacial score (nSPS) is 23.4. The Balaban J connectivity index is 0.00000280. The smallest absolute Gasteiger partial charge is 0.191 e. The van der Waals surface area contributed by atoms with Crippen LogP contribution in [0.4, 0.5) is 14.5 Å². The van der Waals surface area contributed by atoms with Gasteiger partial charge in [-0.2, -0.15) is 0 Å². The predicted molar refractivity (Wildman–Crippen MR) is 122 cm³/mol. The van der Waals surface area contributed by atoms with E-state index in [1.807, 2.05) is 0 Å². The molecule has 158 valence electrons. The van der Waals surface area contributed by atoms with Crippen molar-refractivity contribution in [2.75, 3.05) is 51.2 Å². The van der Waals surface area contributed by atoms with Gasteiger partial charge >= 0.3 is 0 Å². The number of anilines is 1. The van der Waals surface area contributed by atoms with Crippen molar-refractivity contribution in [3.05, 3.63) is 29.8 Å². The van der Waals surface area contributed by atoms with Crippen molar-refractivity contribution in [1.29, 1.82) is 0 Å². The first-order valence-electron chi connectivity index (χ1n) is 9.99. The van der Waals surface area contributed by atoms with Crippen molar-refractivity contribution in [3.8, 4) is 0 Å². The maximum Gasteiger partial charge on any atom is 0.191 e. The third-order valence-electron chi connectivity index (χ3n) is 5.61. The highest BCUT2D eigenvalue weighted by Gasteiger charge is 2.27. The molecule has 3 rings (SSSR count). The van der Waals surface area contributed by atoms with Gasteiger partial charge in [-0.05, 0) is 50.4 Å². The minimum absolute atomic E-state index is 0. The Morgan fingerprint density at radius 1 is 1.18 bits per heavy atom. The standard InChI is InChI=1S/C20H31F2N5.HI/c1-3-26-10-5-6-15(13-26)12-24-20(23-2)25-16-9-11-27(14-16)19-17(21)7-4-8-18(19)22;/h4,7-8,15-16H,3,5-6,9-14H2,1-2H3,(H2,23,24,25);1H. The van der Waals surface area contributed by atoms with Crippen molar-refractivity contribution >= 4 is 35.6 Å². The average Bonchev–Trinajstić information content (AvgIpc) is 3.13. The summed E-state index contributed by atoms with van der Waals surface area (Å²) in [4.78, 5) is 8.59. The lowest BCUT2D eigenvalue weighted by molar-refractivity contribution is 0.183. The molecule has 28 heavy (non-hydrogen) atoms. The number of hydrogen-bond acceptors (Lipinski definition) is 3. The summed E-state index contributed by atoms with van der Waals surface area (Å²) in [6, 6.07) is 4.14. The molecule has 1 aromatic carbocycles. The molecule has 2 N–H and O–H groups in total. The molecule has 0 bridgehead atoms. The first-order chi connectivity index (χ1) is 13.1. The highest BCUT2D eigenvalue weighted by Crippen LogP contribution is 2.26. The summed E-state index contributed by atoms with van der Waals surface area (Å²) in [7, 11) is 1.76. The molecule has 0 radical (unpaired) electrons. The summed E-state index contributed by atoms with van der Waals surface area (Å²) in [5.74, 6) is 0.390. The predicted octanol–water partition coefficient (Wildman–Crippen LogP) is 3.06. The van der Waals surface area contributed by atoms with Gasteiger partial charge in [0.15, 0.2) is 5.96 Å². The van der Waals surface area contributed by atoms with Crippen LogP contribution in [0.2, 0.25) is 0 Å². The van der Waals surface area contributed by atoms with Gasteiger partial charge in [0.2, 0.25) is 0 Å². The fraction of sp³-hybridized carbons (Fsp3) is 0.650. The zero-order valence-electron chi connectivity index (χ0n) is 16.8. The molecule has 2 heterocycles. The summed E-state index contributed by atoms with van der Waals surface area (Å²) in [5, 5.41) is 6.84. The van der Waals surface area contributed by atoms with Gasteiger partial charge in [0.1, 0.15) is 17.3 Å². The van der Waals surface area contributed by atoms with Gasteiger partial charge in [0.25, 0.3) is 0 Å². The van der Waals surface area contributed by atoms with Crippen LogP contribution >= 0.6 is 24.0 Å². The summed E-state index contributed by atoms with van der Waals surface area (Å²) >= 11 is 0. The summed E-state index contributed by atoms with van der Waals surface area (Å²) in [5.41, 5.74) is 0.0756. The highest BCUT2D eigenvalue weighted by atomic mass is 127. The molecule has 2 aliphatic rings. The lowest BCUT2D eigenvalue weighted by Crippen LogP contribution is -2.47. The van der Waals surface area contributed by atoms with Crippen molar-refractivity contribution in [3.63, 3.8) is 0 Å². The Hall–Kier alpha value is -1.16. The van der Waals surface area contributed by atoms with E-state index >= 15 is 0 Å².